The first-order chi connectivity index (χ1) is 16.6. The van der Waals surface area contributed by atoms with E-state index in [1.54, 1.807) is 49.6 Å². The molecule has 0 bridgehead atoms. The SMILES string of the molecule is CO/C=C/c1ccc(F)c(Oc2ccccc2)c1.OCc1ccc(F)c(Oc2ccccc2)c1. The predicted molar refractivity (Wildman–Crippen MR) is 128 cm³/mol. The highest BCUT2D eigenvalue weighted by Gasteiger charge is 2.06. The maximum atomic E-state index is 13.6. The molecule has 4 aromatic rings. The molecule has 0 fully saturated rings. The molecular weight excluding hydrogens is 438 g/mol. The van der Waals surface area contributed by atoms with Crippen LogP contribution in [0.2, 0.25) is 0 Å². The molecule has 0 atom stereocenters. The zero-order valence-corrected chi connectivity index (χ0v) is 18.5. The van der Waals surface area contributed by atoms with E-state index in [1.807, 2.05) is 36.4 Å². The number of methoxy groups -OCH3 is 1. The van der Waals surface area contributed by atoms with Crippen molar-refractivity contribution in [2.45, 2.75) is 6.61 Å². The van der Waals surface area contributed by atoms with Crippen molar-refractivity contribution in [3.05, 3.63) is 126 Å². The Balaban J connectivity index is 0.000000192. The first kappa shape index (κ1) is 24.5. The minimum atomic E-state index is -0.443. The van der Waals surface area contributed by atoms with E-state index >= 15 is 0 Å². The highest BCUT2D eigenvalue weighted by atomic mass is 19.1. The number of aliphatic hydroxyl groups excluding tert-OH is 1. The van der Waals surface area contributed by atoms with Gasteiger partial charge in [-0.1, -0.05) is 48.5 Å². The molecule has 0 aliphatic heterocycles. The Hall–Kier alpha value is -4.16. The number of benzene rings is 4. The van der Waals surface area contributed by atoms with E-state index < -0.39 is 11.6 Å². The number of para-hydroxylation sites is 2. The maximum absolute atomic E-state index is 13.6. The summed E-state index contributed by atoms with van der Waals surface area (Å²) in [5.74, 6) is 0.646. The van der Waals surface area contributed by atoms with Crippen molar-refractivity contribution < 1.29 is 28.1 Å². The Morgan fingerprint density at radius 2 is 1.24 bits per heavy atom. The minimum absolute atomic E-state index is 0.123. The summed E-state index contributed by atoms with van der Waals surface area (Å²) in [7, 11) is 1.56. The fraction of sp³-hybridized carbons (Fsp3) is 0.0714. The van der Waals surface area contributed by atoms with Gasteiger partial charge in [0.05, 0.1) is 20.0 Å². The maximum Gasteiger partial charge on any atom is 0.165 e. The molecule has 0 aliphatic rings. The Kier molecular flexibility index (Phi) is 9.19. The van der Waals surface area contributed by atoms with E-state index in [4.69, 9.17) is 19.3 Å². The summed E-state index contributed by atoms with van der Waals surface area (Å²) in [6, 6.07) is 27.0. The zero-order chi connectivity index (χ0) is 24.2. The monoisotopic (exact) mass is 462 g/mol. The second kappa shape index (κ2) is 12.8. The summed E-state index contributed by atoms with van der Waals surface area (Å²) in [5, 5.41) is 8.94. The van der Waals surface area contributed by atoms with Crippen LogP contribution in [0, 0.1) is 11.6 Å². The van der Waals surface area contributed by atoms with Gasteiger partial charge >= 0.3 is 0 Å². The molecule has 34 heavy (non-hydrogen) atoms. The van der Waals surface area contributed by atoms with Gasteiger partial charge < -0.3 is 19.3 Å². The number of aliphatic hydroxyl groups is 1. The van der Waals surface area contributed by atoms with Crippen molar-refractivity contribution in [1.29, 1.82) is 0 Å². The van der Waals surface area contributed by atoms with Gasteiger partial charge in [0.2, 0.25) is 0 Å². The number of halogens is 2. The van der Waals surface area contributed by atoms with E-state index in [2.05, 4.69) is 0 Å². The van der Waals surface area contributed by atoms with Crippen molar-refractivity contribution in [3.63, 3.8) is 0 Å². The Bertz CT molecular complexity index is 1200. The van der Waals surface area contributed by atoms with E-state index in [0.29, 0.717) is 17.1 Å². The first-order valence-electron chi connectivity index (χ1n) is 10.4. The third-order valence-corrected chi connectivity index (χ3v) is 4.47. The lowest BCUT2D eigenvalue weighted by atomic mass is 10.2. The third kappa shape index (κ3) is 7.46. The van der Waals surface area contributed by atoms with Gasteiger partial charge in [-0.25, -0.2) is 8.78 Å². The molecule has 0 saturated heterocycles. The van der Waals surface area contributed by atoms with Crippen LogP contribution in [0.1, 0.15) is 11.1 Å². The fourth-order valence-electron chi connectivity index (χ4n) is 2.80. The topological polar surface area (TPSA) is 47.9 Å². The summed E-state index contributed by atoms with van der Waals surface area (Å²) >= 11 is 0. The average molecular weight is 462 g/mol. The number of hydrogen-bond acceptors (Lipinski definition) is 4. The van der Waals surface area contributed by atoms with Crippen LogP contribution in [0.3, 0.4) is 0 Å². The predicted octanol–water partition coefficient (Wildman–Crippen LogP) is 7.35. The van der Waals surface area contributed by atoms with Crippen LogP contribution in [0.5, 0.6) is 23.0 Å². The molecule has 4 aromatic carbocycles. The second-order valence-corrected chi connectivity index (χ2v) is 6.98. The standard InChI is InChI=1S/C15H13FO2.C13H11FO2/c1-17-10-9-12-7-8-14(16)15(11-12)18-13-5-3-2-4-6-13;14-12-7-6-10(9-15)8-13(12)16-11-4-2-1-3-5-11/h2-11H,1H3;1-8,15H,9H2/b10-9+;. The lowest BCUT2D eigenvalue weighted by Gasteiger charge is -2.07. The molecule has 0 heterocycles. The number of rotatable bonds is 7. The smallest absolute Gasteiger partial charge is 0.165 e. The normalized spacial score (nSPS) is 10.4. The Labute approximate surface area is 197 Å². The molecular formula is C28H24F2O4. The van der Waals surface area contributed by atoms with Gasteiger partial charge in [0, 0.05) is 0 Å². The Morgan fingerprint density at radius 1 is 0.706 bits per heavy atom. The van der Waals surface area contributed by atoms with Gasteiger partial charge in [0.1, 0.15) is 11.5 Å². The largest absolute Gasteiger partial charge is 0.504 e. The molecule has 1 N–H and O–H groups in total. The van der Waals surface area contributed by atoms with Crippen molar-refractivity contribution >= 4 is 6.08 Å². The van der Waals surface area contributed by atoms with Gasteiger partial charge in [-0.3, -0.25) is 0 Å². The fourth-order valence-corrected chi connectivity index (χ4v) is 2.80. The molecule has 4 nitrogen and oxygen atoms in total. The Morgan fingerprint density at radius 3 is 1.76 bits per heavy atom. The van der Waals surface area contributed by atoms with Gasteiger partial charge in [-0.05, 0) is 65.7 Å². The third-order valence-electron chi connectivity index (χ3n) is 4.47. The first-order valence-corrected chi connectivity index (χ1v) is 10.4. The van der Waals surface area contributed by atoms with Gasteiger partial charge in [-0.15, -0.1) is 0 Å². The van der Waals surface area contributed by atoms with E-state index in [-0.39, 0.29) is 18.1 Å². The van der Waals surface area contributed by atoms with Crippen molar-refractivity contribution in [1.82, 2.24) is 0 Å². The van der Waals surface area contributed by atoms with Crippen molar-refractivity contribution in [3.8, 4) is 23.0 Å². The minimum Gasteiger partial charge on any atom is -0.504 e. The van der Waals surface area contributed by atoms with Crippen molar-refractivity contribution in [2.75, 3.05) is 7.11 Å². The second-order valence-electron chi connectivity index (χ2n) is 6.98. The van der Waals surface area contributed by atoms with Crippen LogP contribution in [0.15, 0.2) is 103 Å². The molecule has 0 aromatic heterocycles. The van der Waals surface area contributed by atoms with E-state index in [1.165, 1.54) is 30.5 Å². The molecule has 0 spiro atoms. The highest BCUT2D eigenvalue weighted by Crippen LogP contribution is 2.26. The van der Waals surface area contributed by atoms with Gasteiger partial charge in [0.15, 0.2) is 23.1 Å². The summed E-state index contributed by atoms with van der Waals surface area (Å²) in [4.78, 5) is 0. The van der Waals surface area contributed by atoms with Crippen molar-refractivity contribution in [2.24, 2.45) is 0 Å². The quantitative estimate of drug-likeness (QED) is 0.292. The summed E-state index contributed by atoms with van der Waals surface area (Å²) in [6.07, 6.45) is 3.26. The van der Waals surface area contributed by atoms with Crippen LogP contribution < -0.4 is 9.47 Å². The summed E-state index contributed by atoms with van der Waals surface area (Å²) in [5.41, 5.74) is 1.43. The molecule has 4 rings (SSSR count). The van der Waals surface area contributed by atoms with Gasteiger partial charge in [-0.2, -0.15) is 0 Å². The molecule has 0 amide bonds. The van der Waals surface area contributed by atoms with Crippen LogP contribution in [0.25, 0.3) is 6.08 Å². The highest BCUT2D eigenvalue weighted by molar-refractivity contribution is 5.51. The van der Waals surface area contributed by atoms with Crippen LogP contribution in [-0.4, -0.2) is 12.2 Å². The molecule has 174 valence electrons. The van der Waals surface area contributed by atoms with Crippen LogP contribution >= 0.6 is 0 Å². The molecule has 0 saturated carbocycles. The summed E-state index contributed by atoms with van der Waals surface area (Å²) < 4.78 is 42.6. The molecule has 6 heteroatoms. The van der Waals surface area contributed by atoms with Crippen LogP contribution in [-0.2, 0) is 11.3 Å². The molecule has 0 unspecified atom stereocenters. The van der Waals surface area contributed by atoms with Gasteiger partial charge in [0.25, 0.3) is 0 Å². The zero-order valence-electron chi connectivity index (χ0n) is 18.5. The summed E-state index contributed by atoms with van der Waals surface area (Å²) in [6.45, 7) is -0.134. The lowest BCUT2D eigenvalue weighted by Crippen LogP contribution is -1.91. The molecule has 0 aliphatic carbocycles. The lowest BCUT2D eigenvalue weighted by molar-refractivity contribution is 0.281. The average Bonchev–Trinajstić information content (AvgIpc) is 2.87. The number of ether oxygens (including phenoxy) is 3. The van der Waals surface area contributed by atoms with E-state index in [9.17, 15) is 8.78 Å². The number of hydrogen-bond donors (Lipinski definition) is 1. The van der Waals surface area contributed by atoms with Crippen LogP contribution in [0.4, 0.5) is 8.78 Å². The van der Waals surface area contributed by atoms with E-state index in [0.717, 1.165) is 5.56 Å². The molecule has 0 radical (unpaired) electrons.